The lowest BCUT2D eigenvalue weighted by atomic mass is 9.83. The molecule has 2 fully saturated rings. The number of nitrogens with zero attached hydrogens (tertiary/aromatic N) is 3. The van der Waals surface area contributed by atoms with E-state index < -0.39 is 23.9 Å². The van der Waals surface area contributed by atoms with Gasteiger partial charge in [-0.2, -0.15) is 0 Å². The number of H-pyrrole nitrogens is 1. The lowest BCUT2D eigenvalue weighted by molar-refractivity contribution is -0.274. The Morgan fingerprint density at radius 3 is 2.42 bits per heavy atom. The molecular weight excluding hydrogens is 513 g/mol. The Hall–Kier alpha value is -3.64. The molecule has 0 radical (unpaired) electrons. The number of anilines is 1. The van der Waals surface area contributed by atoms with Crippen molar-refractivity contribution < 1.29 is 31.5 Å². The molecule has 3 heterocycles. The molecule has 5 rings (SSSR count). The number of carbonyl (C=O) groups excluding carboxylic acids is 1. The number of nitrogens with one attached hydrogen (secondary N) is 1. The number of hydrogen-bond donors (Lipinski definition) is 2. The van der Waals surface area contributed by atoms with Crippen LogP contribution in [-0.4, -0.2) is 50.7 Å². The molecule has 0 bridgehead atoms. The number of fused-ring (bicyclic) bond motifs is 1. The van der Waals surface area contributed by atoms with Crippen LogP contribution in [0, 0.1) is 0 Å². The maximum absolute atomic E-state index is 13.6. The summed E-state index contributed by atoms with van der Waals surface area (Å²) >= 11 is 0. The highest BCUT2D eigenvalue weighted by molar-refractivity contribution is 5.99. The molecule has 38 heavy (non-hydrogen) atoms. The summed E-state index contributed by atoms with van der Waals surface area (Å²) in [5.74, 6) is -3.63. The van der Waals surface area contributed by atoms with E-state index in [2.05, 4.69) is 14.7 Å². The number of piperidine rings is 1. The third kappa shape index (κ3) is 5.32. The van der Waals surface area contributed by atoms with E-state index >= 15 is 0 Å². The molecule has 8 nitrogen and oxygen atoms in total. The Kier molecular flexibility index (Phi) is 6.56. The molecule has 1 aromatic carbocycles. The smallest absolute Gasteiger partial charge is 0.406 e. The van der Waals surface area contributed by atoms with Gasteiger partial charge < -0.3 is 15.4 Å². The number of imidazole rings is 1. The number of carbonyl (C=O) groups is 1. The fourth-order valence-electron chi connectivity index (χ4n) is 5.41. The van der Waals surface area contributed by atoms with Gasteiger partial charge in [0, 0.05) is 49.9 Å². The van der Waals surface area contributed by atoms with Gasteiger partial charge in [-0.1, -0.05) is 0 Å². The van der Waals surface area contributed by atoms with Gasteiger partial charge in [-0.25, -0.2) is 18.6 Å². The molecule has 1 saturated carbocycles. The minimum absolute atomic E-state index is 0.0529. The van der Waals surface area contributed by atoms with Crippen molar-refractivity contribution in [2.24, 2.45) is 0 Å². The summed E-state index contributed by atoms with van der Waals surface area (Å²) in [6, 6.07) is 4.80. The van der Waals surface area contributed by atoms with Crippen molar-refractivity contribution in [3.63, 3.8) is 0 Å². The van der Waals surface area contributed by atoms with Crippen LogP contribution in [0.4, 0.5) is 27.6 Å². The number of aromatic nitrogens is 3. The average Bonchev–Trinajstić information content (AvgIpc) is 3.17. The molecule has 1 saturated heterocycles. The summed E-state index contributed by atoms with van der Waals surface area (Å²) in [5, 5.41) is 0. The van der Waals surface area contributed by atoms with Gasteiger partial charge >= 0.3 is 12.1 Å². The molecule has 2 aromatic heterocycles. The van der Waals surface area contributed by atoms with Crippen molar-refractivity contribution in [3.05, 3.63) is 52.1 Å². The molecule has 13 heteroatoms. The number of ether oxygens (including phenoxy) is 1. The van der Waals surface area contributed by atoms with E-state index in [9.17, 15) is 31.5 Å². The van der Waals surface area contributed by atoms with Gasteiger partial charge in [0.2, 0.25) is 5.92 Å². The van der Waals surface area contributed by atoms with Crippen LogP contribution in [0.3, 0.4) is 0 Å². The Balaban J connectivity index is 1.29. The first kappa shape index (κ1) is 26.0. The zero-order chi connectivity index (χ0) is 27.2. The van der Waals surface area contributed by atoms with Gasteiger partial charge in [-0.05, 0) is 55.4 Å². The van der Waals surface area contributed by atoms with Crippen molar-refractivity contribution in [1.29, 1.82) is 0 Å². The normalized spacial score (nSPS) is 19.1. The Labute approximate surface area is 213 Å². The van der Waals surface area contributed by atoms with Gasteiger partial charge in [0.15, 0.2) is 5.65 Å². The summed E-state index contributed by atoms with van der Waals surface area (Å²) < 4.78 is 70.0. The molecule has 2 aliphatic rings. The van der Waals surface area contributed by atoms with Crippen LogP contribution in [-0.2, 0) is 0 Å². The third-order valence-corrected chi connectivity index (χ3v) is 7.38. The van der Waals surface area contributed by atoms with Crippen molar-refractivity contribution in [2.45, 2.75) is 62.8 Å². The predicted octanol–water partition coefficient (Wildman–Crippen LogP) is 4.98. The highest BCUT2D eigenvalue weighted by atomic mass is 19.4. The summed E-state index contributed by atoms with van der Waals surface area (Å²) in [6.45, 7) is 0.599. The fourth-order valence-corrected chi connectivity index (χ4v) is 5.41. The van der Waals surface area contributed by atoms with E-state index in [1.54, 1.807) is 10.8 Å². The average molecular weight is 540 g/mol. The molecule has 0 spiro atoms. The van der Waals surface area contributed by atoms with Crippen LogP contribution < -0.4 is 16.2 Å². The van der Waals surface area contributed by atoms with Crippen LogP contribution in [0.25, 0.3) is 11.2 Å². The zero-order valence-electron chi connectivity index (χ0n) is 20.2. The number of rotatable bonds is 4. The predicted molar refractivity (Wildman–Crippen MR) is 128 cm³/mol. The fraction of sp³-hybridized carbons (Fsp3) is 0.480. The molecule has 0 atom stereocenters. The van der Waals surface area contributed by atoms with Gasteiger partial charge in [0.1, 0.15) is 5.75 Å². The van der Waals surface area contributed by atoms with Gasteiger partial charge in [0.25, 0.3) is 5.91 Å². The summed E-state index contributed by atoms with van der Waals surface area (Å²) in [5.41, 5.74) is 7.25. The monoisotopic (exact) mass is 539 g/mol. The first-order chi connectivity index (χ1) is 17.9. The second kappa shape index (κ2) is 9.59. The van der Waals surface area contributed by atoms with E-state index in [1.165, 1.54) is 11.0 Å². The summed E-state index contributed by atoms with van der Waals surface area (Å²) in [4.78, 5) is 34.5. The topological polar surface area (TPSA) is 106 Å². The largest absolute Gasteiger partial charge is 0.573 e. The number of aromatic amines is 1. The quantitative estimate of drug-likeness (QED) is 0.360. The van der Waals surface area contributed by atoms with Gasteiger partial charge in [-0.15, -0.1) is 13.2 Å². The van der Waals surface area contributed by atoms with Crippen LogP contribution >= 0.6 is 0 Å². The van der Waals surface area contributed by atoms with E-state index in [0.29, 0.717) is 49.9 Å². The van der Waals surface area contributed by atoms with E-state index in [4.69, 9.17) is 5.73 Å². The second-order valence-corrected chi connectivity index (χ2v) is 9.89. The molecule has 204 valence electrons. The zero-order valence-corrected chi connectivity index (χ0v) is 20.2. The number of nitrogens with two attached hydrogens (primary N) is 1. The standard InChI is InChI=1S/C25H26F5N5O3/c26-24(27)7-3-14(4-8-24)15-11-20-21(32-13-15)33-23(37)35(20)16-5-9-34(10-6-16)22(36)18-2-1-17(12-19(18)31)38-25(28,29)30/h1-2,11-14,16H,3-10,31H2,(H,32,33,37). The van der Waals surface area contributed by atoms with E-state index in [-0.39, 0.29) is 41.7 Å². The number of likely N-dealkylation sites (tertiary alicyclic amines) is 1. The number of hydrogen-bond acceptors (Lipinski definition) is 5. The van der Waals surface area contributed by atoms with Crippen molar-refractivity contribution in [1.82, 2.24) is 19.4 Å². The summed E-state index contributed by atoms with van der Waals surface area (Å²) in [7, 11) is 0. The molecular formula is C25H26F5N5O3. The maximum atomic E-state index is 13.6. The van der Waals surface area contributed by atoms with Crippen molar-refractivity contribution in [3.8, 4) is 5.75 Å². The number of nitrogen functional groups attached to an aromatic ring is 1. The van der Waals surface area contributed by atoms with E-state index in [0.717, 1.165) is 17.7 Å². The highest BCUT2D eigenvalue weighted by Gasteiger charge is 2.36. The molecule has 0 unspecified atom stereocenters. The first-order valence-corrected chi connectivity index (χ1v) is 12.3. The lowest BCUT2D eigenvalue weighted by Gasteiger charge is -2.33. The lowest BCUT2D eigenvalue weighted by Crippen LogP contribution is -2.40. The maximum Gasteiger partial charge on any atom is 0.573 e. The SMILES string of the molecule is Nc1cc(OC(F)(F)F)ccc1C(=O)N1CCC(n2c(=O)[nH]c3ncc(C4CCC(F)(F)CC4)cc32)CC1. The Morgan fingerprint density at radius 2 is 1.79 bits per heavy atom. The second-order valence-electron chi connectivity index (χ2n) is 9.89. The first-order valence-electron chi connectivity index (χ1n) is 12.3. The summed E-state index contributed by atoms with van der Waals surface area (Å²) in [6.07, 6.45) is -1.99. The van der Waals surface area contributed by atoms with Crippen molar-refractivity contribution >= 4 is 22.8 Å². The molecule has 1 aliphatic carbocycles. The number of halogens is 5. The van der Waals surface area contributed by atoms with Gasteiger partial charge in [-0.3, -0.25) is 14.3 Å². The van der Waals surface area contributed by atoms with Crippen LogP contribution in [0.5, 0.6) is 5.75 Å². The third-order valence-electron chi connectivity index (χ3n) is 7.38. The number of amides is 1. The number of benzene rings is 1. The molecule has 1 aliphatic heterocycles. The van der Waals surface area contributed by atoms with Gasteiger partial charge in [0.05, 0.1) is 11.1 Å². The van der Waals surface area contributed by atoms with Crippen LogP contribution in [0.15, 0.2) is 35.3 Å². The van der Waals surface area contributed by atoms with Crippen LogP contribution in [0.2, 0.25) is 0 Å². The minimum Gasteiger partial charge on any atom is -0.406 e. The molecule has 1 amide bonds. The Morgan fingerprint density at radius 1 is 1.11 bits per heavy atom. The minimum atomic E-state index is -4.87. The van der Waals surface area contributed by atoms with Crippen LogP contribution in [0.1, 0.15) is 66.4 Å². The molecule has 3 aromatic rings. The van der Waals surface area contributed by atoms with Crippen molar-refractivity contribution in [2.75, 3.05) is 18.8 Å². The highest BCUT2D eigenvalue weighted by Crippen LogP contribution is 2.41. The van der Waals surface area contributed by atoms with E-state index in [1.807, 2.05) is 6.07 Å². The molecule has 3 N–H and O–H groups in total. The number of pyridine rings is 1. The number of alkyl halides is 5. The Bertz CT molecular complexity index is 1400.